The summed E-state index contributed by atoms with van der Waals surface area (Å²) >= 11 is 0. The molecule has 0 saturated carbocycles. The fourth-order valence-electron chi connectivity index (χ4n) is 1.10. The molecule has 4 heteroatoms. The third-order valence-corrected chi connectivity index (χ3v) is 1.74. The molecular formula is C9H23N3O. The lowest BCUT2D eigenvalue weighted by atomic mass is 10.2. The molecule has 1 atom stereocenters. The van der Waals surface area contributed by atoms with E-state index in [2.05, 4.69) is 17.6 Å². The van der Waals surface area contributed by atoms with Crippen molar-refractivity contribution >= 4 is 0 Å². The van der Waals surface area contributed by atoms with Crippen molar-refractivity contribution in [2.45, 2.75) is 6.92 Å². The number of rotatable bonds is 9. The van der Waals surface area contributed by atoms with E-state index in [-0.39, 0.29) is 0 Å². The standard InChI is InChI=1S/C9H23N3O/c1-9(8-13-2)7-12-6-5-11-4-3-10/h9,11-12H,3-8,10H2,1-2H3. The van der Waals surface area contributed by atoms with Crippen LogP contribution in [0.5, 0.6) is 0 Å². The zero-order valence-electron chi connectivity index (χ0n) is 8.81. The van der Waals surface area contributed by atoms with E-state index < -0.39 is 0 Å². The van der Waals surface area contributed by atoms with E-state index in [1.54, 1.807) is 7.11 Å². The Kier molecular flexibility index (Phi) is 9.80. The van der Waals surface area contributed by atoms with E-state index in [0.717, 1.165) is 32.8 Å². The molecule has 0 radical (unpaired) electrons. The van der Waals surface area contributed by atoms with Crippen LogP contribution in [0.2, 0.25) is 0 Å². The molecule has 0 amide bonds. The van der Waals surface area contributed by atoms with Crippen LogP contribution in [-0.4, -0.2) is 46.4 Å². The number of hydrogen-bond acceptors (Lipinski definition) is 4. The highest BCUT2D eigenvalue weighted by Gasteiger charge is 1.98. The summed E-state index contributed by atoms with van der Waals surface area (Å²) in [6, 6.07) is 0. The highest BCUT2D eigenvalue weighted by Crippen LogP contribution is 1.90. The summed E-state index contributed by atoms with van der Waals surface area (Å²) in [7, 11) is 1.74. The Morgan fingerprint density at radius 2 is 1.92 bits per heavy atom. The number of nitrogens with one attached hydrogen (secondary N) is 2. The van der Waals surface area contributed by atoms with Crippen LogP contribution in [0.15, 0.2) is 0 Å². The average molecular weight is 189 g/mol. The largest absolute Gasteiger partial charge is 0.384 e. The summed E-state index contributed by atoms with van der Waals surface area (Å²) in [5.41, 5.74) is 5.33. The topological polar surface area (TPSA) is 59.3 Å². The summed E-state index contributed by atoms with van der Waals surface area (Å²) in [5.74, 6) is 0.583. The SMILES string of the molecule is COCC(C)CNCCNCCN. The van der Waals surface area contributed by atoms with Crippen molar-refractivity contribution in [3.8, 4) is 0 Å². The van der Waals surface area contributed by atoms with E-state index in [4.69, 9.17) is 10.5 Å². The predicted molar refractivity (Wildman–Crippen MR) is 55.8 cm³/mol. The fraction of sp³-hybridized carbons (Fsp3) is 1.00. The highest BCUT2D eigenvalue weighted by atomic mass is 16.5. The van der Waals surface area contributed by atoms with Crippen LogP contribution in [0.3, 0.4) is 0 Å². The zero-order chi connectivity index (χ0) is 9.94. The van der Waals surface area contributed by atoms with E-state index in [9.17, 15) is 0 Å². The Bertz CT molecular complexity index is 101. The first-order valence-corrected chi connectivity index (χ1v) is 4.91. The van der Waals surface area contributed by atoms with E-state index in [1.807, 2.05) is 0 Å². The van der Waals surface area contributed by atoms with Gasteiger partial charge in [0.1, 0.15) is 0 Å². The third kappa shape index (κ3) is 9.76. The normalized spacial score (nSPS) is 13.2. The van der Waals surface area contributed by atoms with Gasteiger partial charge in [-0.15, -0.1) is 0 Å². The Morgan fingerprint density at radius 1 is 1.23 bits per heavy atom. The van der Waals surface area contributed by atoms with Crippen molar-refractivity contribution in [1.29, 1.82) is 0 Å². The van der Waals surface area contributed by atoms with Gasteiger partial charge >= 0.3 is 0 Å². The van der Waals surface area contributed by atoms with E-state index in [1.165, 1.54) is 0 Å². The fourth-order valence-corrected chi connectivity index (χ4v) is 1.10. The molecular weight excluding hydrogens is 166 g/mol. The van der Waals surface area contributed by atoms with Crippen LogP contribution in [0, 0.1) is 5.92 Å². The second-order valence-electron chi connectivity index (χ2n) is 3.30. The highest BCUT2D eigenvalue weighted by molar-refractivity contribution is 4.57. The van der Waals surface area contributed by atoms with Gasteiger partial charge in [-0.1, -0.05) is 6.92 Å². The second-order valence-corrected chi connectivity index (χ2v) is 3.30. The maximum atomic E-state index is 5.33. The molecule has 0 fully saturated rings. The van der Waals surface area contributed by atoms with Crippen LogP contribution >= 0.6 is 0 Å². The summed E-state index contributed by atoms with van der Waals surface area (Å²) in [6.45, 7) is 7.59. The van der Waals surface area contributed by atoms with E-state index in [0.29, 0.717) is 12.5 Å². The van der Waals surface area contributed by atoms with Gasteiger partial charge in [-0.25, -0.2) is 0 Å². The summed E-state index contributed by atoms with van der Waals surface area (Å²) in [5, 5.41) is 6.57. The Hall–Kier alpha value is -0.160. The number of nitrogens with two attached hydrogens (primary N) is 1. The van der Waals surface area contributed by atoms with Crippen molar-refractivity contribution in [3.63, 3.8) is 0 Å². The molecule has 0 aromatic heterocycles. The maximum Gasteiger partial charge on any atom is 0.0499 e. The van der Waals surface area contributed by atoms with Crippen molar-refractivity contribution in [1.82, 2.24) is 10.6 Å². The van der Waals surface area contributed by atoms with Crippen LogP contribution in [0.4, 0.5) is 0 Å². The van der Waals surface area contributed by atoms with E-state index >= 15 is 0 Å². The molecule has 4 nitrogen and oxygen atoms in total. The van der Waals surface area contributed by atoms with Crippen LogP contribution in [0.1, 0.15) is 6.92 Å². The monoisotopic (exact) mass is 189 g/mol. The van der Waals surface area contributed by atoms with Crippen molar-refractivity contribution < 1.29 is 4.74 Å². The van der Waals surface area contributed by atoms with Crippen molar-refractivity contribution in [2.75, 3.05) is 46.4 Å². The molecule has 0 saturated heterocycles. The minimum atomic E-state index is 0.583. The number of hydrogen-bond donors (Lipinski definition) is 3. The second kappa shape index (κ2) is 9.92. The Morgan fingerprint density at radius 3 is 2.54 bits per heavy atom. The lowest BCUT2D eigenvalue weighted by molar-refractivity contribution is 0.158. The Balaban J connectivity index is 2.97. The van der Waals surface area contributed by atoms with Gasteiger partial charge in [0.2, 0.25) is 0 Å². The summed E-state index contributed by atoms with van der Waals surface area (Å²) in [4.78, 5) is 0. The molecule has 0 spiro atoms. The molecule has 0 aliphatic carbocycles. The number of methoxy groups -OCH3 is 1. The van der Waals surface area contributed by atoms with Gasteiger partial charge in [-0.3, -0.25) is 0 Å². The molecule has 4 N–H and O–H groups in total. The smallest absolute Gasteiger partial charge is 0.0499 e. The zero-order valence-corrected chi connectivity index (χ0v) is 8.81. The van der Waals surface area contributed by atoms with Gasteiger partial charge in [0.25, 0.3) is 0 Å². The molecule has 0 bridgehead atoms. The first kappa shape index (κ1) is 12.8. The van der Waals surface area contributed by atoms with Gasteiger partial charge < -0.3 is 21.1 Å². The molecule has 1 unspecified atom stereocenters. The quantitative estimate of drug-likeness (QED) is 0.424. The minimum Gasteiger partial charge on any atom is -0.384 e. The van der Waals surface area contributed by atoms with Crippen molar-refractivity contribution in [3.05, 3.63) is 0 Å². The lowest BCUT2D eigenvalue weighted by Crippen LogP contribution is -2.33. The minimum absolute atomic E-state index is 0.583. The predicted octanol–water partition coefficient (Wildman–Crippen LogP) is -0.593. The molecule has 80 valence electrons. The number of ether oxygens (including phenoxy) is 1. The third-order valence-electron chi connectivity index (χ3n) is 1.74. The first-order valence-electron chi connectivity index (χ1n) is 4.91. The first-order chi connectivity index (χ1) is 6.31. The molecule has 0 rings (SSSR count). The maximum absolute atomic E-state index is 5.33. The Labute approximate surface area is 81.2 Å². The van der Waals surface area contributed by atoms with Gasteiger partial charge in [0.15, 0.2) is 0 Å². The molecule has 0 aliphatic rings. The van der Waals surface area contributed by atoms with Gasteiger partial charge in [0, 0.05) is 39.9 Å². The summed E-state index contributed by atoms with van der Waals surface area (Å²) in [6.07, 6.45) is 0. The molecule has 0 heterocycles. The van der Waals surface area contributed by atoms with Gasteiger partial charge in [0.05, 0.1) is 0 Å². The molecule has 0 aromatic carbocycles. The summed E-state index contributed by atoms with van der Waals surface area (Å²) < 4.78 is 5.03. The lowest BCUT2D eigenvalue weighted by Gasteiger charge is -2.11. The van der Waals surface area contributed by atoms with Crippen LogP contribution < -0.4 is 16.4 Å². The van der Waals surface area contributed by atoms with Crippen molar-refractivity contribution in [2.24, 2.45) is 11.7 Å². The molecule has 13 heavy (non-hydrogen) atoms. The van der Waals surface area contributed by atoms with Gasteiger partial charge in [-0.05, 0) is 12.5 Å². The van der Waals surface area contributed by atoms with Crippen LogP contribution in [-0.2, 0) is 4.74 Å². The average Bonchev–Trinajstić information content (AvgIpc) is 2.11. The molecule has 0 aliphatic heterocycles. The molecule has 0 aromatic rings. The van der Waals surface area contributed by atoms with Gasteiger partial charge in [-0.2, -0.15) is 0 Å². The van der Waals surface area contributed by atoms with Crippen LogP contribution in [0.25, 0.3) is 0 Å².